The molecule has 0 unspecified atom stereocenters. The maximum absolute atomic E-state index is 9.37. The van der Waals surface area contributed by atoms with E-state index in [1.807, 2.05) is 6.07 Å². The zero-order valence-corrected chi connectivity index (χ0v) is 9.67. The van der Waals surface area contributed by atoms with Gasteiger partial charge >= 0.3 is 0 Å². The highest BCUT2D eigenvalue weighted by molar-refractivity contribution is 5.51. The van der Waals surface area contributed by atoms with E-state index >= 15 is 0 Å². The number of aryl methyl sites for hydroxylation is 2. The van der Waals surface area contributed by atoms with Crippen LogP contribution in [0.3, 0.4) is 0 Å². The van der Waals surface area contributed by atoms with Crippen LogP contribution in [-0.2, 0) is 12.8 Å². The van der Waals surface area contributed by atoms with Crippen LogP contribution in [0.15, 0.2) is 36.4 Å². The second-order valence-corrected chi connectivity index (χ2v) is 4.15. The van der Waals surface area contributed by atoms with Gasteiger partial charge < -0.3 is 20.4 Å². The van der Waals surface area contributed by atoms with E-state index in [-0.39, 0.29) is 17.2 Å². The lowest BCUT2D eigenvalue weighted by atomic mass is 10.0. The molecule has 4 heteroatoms. The van der Waals surface area contributed by atoms with Crippen molar-refractivity contribution in [3.63, 3.8) is 0 Å². The number of rotatable bonds is 3. The van der Waals surface area contributed by atoms with Crippen molar-refractivity contribution < 1.29 is 20.4 Å². The molecule has 0 aliphatic rings. The van der Waals surface area contributed by atoms with Crippen molar-refractivity contribution in [2.45, 2.75) is 12.8 Å². The molecule has 18 heavy (non-hydrogen) atoms. The fourth-order valence-electron chi connectivity index (χ4n) is 1.81. The van der Waals surface area contributed by atoms with Gasteiger partial charge in [-0.25, -0.2) is 0 Å². The van der Waals surface area contributed by atoms with Crippen LogP contribution in [0.1, 0.15) is 11.1 Å². The Bertz CT molecular complexity index is 540. The standard InChI is InChI=1S/C14H14O4/c15-11-3-1-2-9(6-11)4-5-10-7-12(16)14(18)13(17)8-10/h1-3,6-8,15-18H,4-5H2. The highest BCUT2D eigenvalue weighted by Gasteiger charge is 2.08. The van der Waals surface area contributed by atoms with Gasteiger partial charge in [-0.1, -0.05) is 12.1 Å². The number of phenols is 4. The minimum atomic E-state index is -0.504. The summed E-state index contributed by atoms with van der Waals surface area (Å²) in [6.45, 7) is 0. The molecule has 0 amide bonds. The summed E-state index contributed by atoms with van der Waals surface area (Å²) < 4.78 is 0. The summed E-state index contributed by atoms with van der Waals surface area (Å²) in [5.41, 5.74) is 1.67. The molecule has 4 N–H and O–H groups in total. The van der Waals surface area contributed by atoms with Crippen molar-refractivity contribution in [1.29, 1.82) is 0 Å². The largest absolute Gasteiger partial charge is 0.508 e. The lowest BCUT2D eigenvalue weighted by Crippen LogP contribution is -1.91. The third-order valence-corrected chi connectivity index (χ3v) is 2.74. The van der Waals surface area contributed by atoms with E-state index in [0.717, 1.165) is 5.56 Å². The molecular formula is C14H14O4. The molecule has 94 valence electrons. The Morgan fingerprint density at radius 2 is 1.33 bits per heavy atom. The fourth-order valence-corrected chi connectivity index (χ4v) is 1.81. The minimum absolute atomic E-state index is 0.212. The van der Waals surface area contributed by atoms with E-state index in [4.69, 9.17) is 0 Å². The molecule has 0 saturated carbocycles. The molecule has 0 bridgehead atoms. The molecule has 2 aromatic rings. The summed E-state index contributed by atoms with van der Waals surface area (Å²) in [6, 6.07) is 9.74. The highest BCUT2D eigenvalue weighted by atomic mass is 16.3. The number of benzene rings is 2. The van der Waals surface area contributed by atoms with Gasteiger partial charge in [0.25, 0.3) is 0 Å². The summed E-state index contributed by atoms with van der Waals surface area (Å²) in [6.07, 6.45) is 1.25. The molecule has 0 heterocycles. The van der Waals surface area contributed by atoms with E-state index in [0.29, 0.717) is 18.4 Å². The van der Waals surface area contributed by atoms with Crippen molar-refractivity contribution in [1.82, 2.24) is 0 Å². The molecular weight excluding hydrogens is 232 g/mol. The van der Waals surface area contributed by atoms with Crippen molar-refractivity contribution in [3.8, 4) is 23.0 Å². The highest BCUT2D eigenvalue weighted by Crippen LogP contribution is 2.35. The maximum Gasteiger partial charge on any atom is 0.200 e. The number of hydrogen-bond donors (Lipinski definition) is 4. The van der Waals surface area contributed by atoms with Crippen LogP contribution in [0.25, 0.3) is 0 Å². The van der Waals surface area contributed by atoms with Crippen molar-refractivity contribution in [3.05, 3.63) is 47.5 Å². The Morgan fingerprint density at radius 3 is 1.94 bits per heavy atom. The normalized spacial score (nSPS) is 10.4. The molecule has 2 aromatic carbocycles. The van der Waals surface area contributed by atoms with Crippen LogP contribution >= 0.6 is 0 Å². The smallest absolute Gasteiger partial charge is 0.200 e. The van der Waals surface area contributed by atoms with Gasteiger partial charge in [0.05, 0.1) is 0 Å². The topological polar surface area (TPSA) is 80.9 Å². The van der Waals surface area contributed by atoms with E-state index in [1.165, 1.54) is 12.1 Å². The van der Waals surface area contributed by atoms with Gasteiger partial charge in [-0.15, -0.1) is 0 Å². The van der Waals surface area contributed by atoms with E-state index in [9.17, 15) is 20.4 Å². The molecule has 0 aromatic heterocycles. The van der Waals surface area contributed by atoms with Crippen LogP contribution in [0.2, 0.25) is 0 Å². The predicted molar refractivity (Wildman–Crippen MR) is 67.0 cm³/mol. The lowest BCUT2D eigenvalue weighted by molar-refractivity contribution is 0.367. The first-order chi connectivity index (χ1) is 8.56. The first-order valence-electron chi connectivity index (χ1n) is 5.58. The number of hydrogen-bond acceptors (Lipinski definition) is 4. The van der Waals surface area contributed by atoms with Gasteiger partial charge in [0.15, 0.2) is 17.2 Å². The summed E-state index contributed by atoms with van der Waals surface area (Å²) in [4.78, 5) is 0. The molecule has 0 saturated heterocycles. The Labute approximate surface area is 104 Å². The van der Waals surface area contributed by atoms with Crippen LogP contribution in [0.5, 0.6) is 23.0 Å². The van der Waals surface area contributed by atoms with E-state index in [2.05, 4.69) is 0 Å². The number of phenolic OH excluding ortho intramolecular Hbond substituents is 4. The molecule has 0 atom stereocenters. The third kappa shape index (κ3) is 2.66. The summed E-state index contributed by atoms with van der Waals surface area (Å²) in [5.74, 6) is -0.957. The monoisotopic (exact) mass is 246 g/mol. The van der Waals surface area contributed by atoms with Crippen LogP contribution < -0.4 is 0 Å². The molecule has 2 rings (SSSR count). The quantitative estimate of drug-likeness (QED) is 0.626. The SMILES string of the molecule is Oc1cccc(CCc2cc(O)c(O)c(O)c2)c1. The second kappa shape index (κ2) is 4.87. The molecule has 4 nitrogen and oxygen atoms in total. The zero-order valence-electron chi connectivity index (χ0n) is 9.67. The van der Waals surface area contributed by atoms with Gasteiger partial charge in [0, 0.05) is 0 Å². The zero-order chi connectivity index (χ0) is 13.1. The Morgan fingerprint density at radius 1 is 0.722 bits per heavy atom. The maximum atomic E-state index is 9.37. The minimum Gasteiger partial charge on any atom is -0.508 e. The van der Waals surface area contributed by atoms with Crippen molar-refractivity contribution in [2.75, 3.05) is 0 Å². The van der Waals surface area contributed by atoms with Crippen LogP contribution in [-0.4, -0.2) is 20.4 Å². The average molecular weight is 246 g/mol. The summed E-state index contributed by atoms with van der Waals surface area (Å²) >= 11 is 0. The van der Waals surface area contributed by atoms with Gasteiger partial charge in [0.1, 0.15) is 5.75 Å². The molecule has 0 aliphatic heterocycles. The van der Waals surface area contributed by atoms with Crippen LogP contribution in [0, 0.1) is 0 Å². The summed E-state index contributed by atoms with van der Waals surface area (Å²) in [7, 11) is 0. The van der Waals surface area contributed by atoms with Crippen molar-refractivity contribution >= 4 is 0 Å². The average Bonchev–Trinajstić information content (AvgIpc) is 2.33. The molecule has 0 spiro atoms. The fraction of sp³-hybridized carbons (Fsp3) is 0.143. The molecule has 0 aliphatic carbocycles. The Kier molecular flexibility index (Phi) is 3.28. The number of aromatic hydroxyl groups is 4. The summed E-state index contributed by atoms with van der Waals surface area (Å²) in [5, 5.41) is 37.3. The first kappa shape index (κ1) is 12.1. The third-order valence-electron chi connectivity index (χ3n) is 2.74. The second-order valence-electron chi connectivity index (χ2n) is 4.15. The Balaban J connectivity index is 2.11. The van der Waals surface area contributed by atoms with Gasteiger partial charge in [-0.2, -0.15) is 0 Å². The van der Waals surface area contributed by atoms with Gasteiger partial charge in [0.2, 0.25) is 0 Å². The van der Waals surface area contributed by atoms with Crippen LogP contribution in [0.4, 0.5) is 0 Å². The Hall–Kier alpha value is -2.36. The van der Waals surface area contributed by atoms with E-state index in [1.54, 1.807) is 18.2 Å². The van der Waals surface area contributed by atoms with Gasteiger partial charge in [-0.05, 0) is 48.2 Å². The van der Waals surface area contributed by atoms with E-state index < -0.39 is 5.75 Å². The molecule has 0 fully saturated rings. The predicted octanol–water partition coefficient (Wildman–Crippen LogP) is 2.29. The first-order valence-corrected chi connectivity index (χ1v) is 5.58. The molecule has 0 radical (unpaired) electrons. The van der Waals surface area contributed by atoms with Crippen molar-refractivity contribution in [2.24, 2.45) is 0 Å². The lowest BCUT2D eigenvalue weighted by Gasteiger charge is -2.06. The van der Waals surface area contributed by atoms with Gasteiger partial charge in [-0.3, -0.25) is 0 Å².